The van der Waals surface area contributed by atoms with Gasteiger partial charge in [-0.1, -0.05) is 183 Å². The molecule has 0 aliphatic carbocycles. The van der Waals surface area contributed by atoms with Gasteiger partial charge >= 0.3 is 33.0 Å². The predicted molar refractivity (Wildman–Crippen MR) is 224 cm³/mol. The Bertz CT molecular complexity index is 1580. The molecule has 271 valence electrons. The van der Waals surface area contributed by atoms with E-state index < -0.39 is 7.92 Å². The molecule has 1 radical (unpaired) electrons. The predicted octanol–water partition coefficient (Wildman–Crippen LogP) is 12.9. The minimum Gasteiger partial charge on any atom is -0.0622 e. The topological polar surface area (TPSA) is 6.48 Å². The Balaban J connectivity index is 0.000000228. The van der Waals surface area contributed by atoms with Crippen molar-refractivity contribution in [1.82, 2.24) is 0 Å². The molecule has 0 fully saturated rings. The number of rotatable bonds is 9. The van der Waals surface area contributed by atoms with Crippen molar-refractivity contribution < 1.29 is 12.7 Å². The number of benzene rings is 5. The van der Waals surface area contributed by atoms with Gasteiger partial charge in [0.2, 0.25) is 0 Å². The van der Waals surface area contributed by atoms with Crippen molar-refractivity contribution >= 4 is 55.6 Å². The minimum absolute atomic E-state index is 0.446. The van der Waals surface area contributed by atoms with E-state index in [1.165, 1.54) is 49.5 Å². The van der Waals surface area contributed by atoms with Gasteiger partial charge in [-0.3, -0.25) is 0 Å². The summed E-state index contributed by atoms with van der Waals surface area (Å²) in [5.74, 6) is 1.92. The molecule has 0 aromatic heterocycles. The molecule has 1 aliphatic heterocycles. The minimum atomic E-state index is -0.446. The van der Waals surface area contributed by atoms with Crippen molar-refractivity contribution in [2.24, 2.45) is 0 Å². The van der Waals surface area contributed by atoms with Gasteiger partial charge in [-0.25, -0.2) is 0 Å². The summed E-state index contributed by atoms with van der Waals surface area (Å²) in [6.45, 7) is 20.5. The van der Waals surface area contributed by atoms with E-state index in [2.05, 4.69) is 212 Å². The molecular weight excluding hydrogens is 729 g/mol. The average molecular weight is 781 g/mol. The van der Waals surface area contributed by atoms with Crippen LogP contribution in [0.25, 0.3) is 0 Å². The Morgan fingerprint density at radius 1 is 0.412 bits per heavy atom. The maximum Gasteiger partial charge on any atom is -0.0134 e. The summed E-state index contributed by atoms with van der Waals surface area (Å²) in [7, 11) is 8.96. The molecule has 0 spiro atoms. The fourth-order valence-electron chi connectivity index (χ4n) is 6.42. The fourth-order valence-corrected chi connectivity index (χ4v) is 8.72. The second-order valence-corrected chi connectivity index (χ2v) is 17.7. The van der Waals surface area contributed by atoms with Crippen molar-refractivity contribution in [3.8, 4) is 0 Å². The van der Waals surface area contributed by atoms with Gasteiger partial charge in [0.25, 0.3) is 0 Å². The normalized spacial score (nSPS) is 12.5. The van der Waals surface area contributed by atoms with Crippen molar-refractivity contribution in [3.63, 3.8) is 0 Å². The Hall–Kier alpha value is -3.06. The third-order valence-corrected chi connectivity index (χ3v) is 11.3. The Morgan fingerprint density at radius 3 is 0.902 bits per heavy atom. The number of hydrogen-bond donors (Lipinski definition) is 0. The van der Waals surface area contributed by atoms with E-state index >= 15 is 0 Å². The Kier molecular flexibility index (Phi) is 16.2. The smallest absolute Gasteiger partial charge is 0.0134 e. The summed E-state index contributed by atoms with van der Waals surface area (Å²) in [6, 6.07) is 45.8. The monoisotopic (exact) mass is 779 g/mol. The first-order valence-electron chi connectivity index (χ1n) is 17.7. The SMILES string of the molecule is CC(C)c1cccc(C(C)C)c1N1[CH]N(c2c(C(C)C)cccc2C(C)C)C=C1.[Cl][Ni][Cl].c1ccc(P(c2ccccc2)c2ccccc2)cc1. The first-order chi connectivity index (χ1) is 24.6. The van der Waals surface area contributed by atoms with Crippen molar-refractivity contribution in [3.05, 3.63) is 169 Å². The molecule has 5 aromatic rings. The molecule has 0 saturated heterocycles. The van der Waals surface area contributed by atoms with E-state index in [-0.39, 0.29) is 0 Å². The third kappa shape index (κ3) is 10.7. The molecule has 0 atom stereocenters. The van der Waals surface area contributed by atoms with Gasteiger partial charge < -0.3 is 9.80 Å². The summed E-state index contributed by atoms with van der Waals surface area (Å²) in [5, 5.41) is 4.19. The van der Waals surface area contributed by atoms with E-state index in [0.717, 1.165) is 0 Å². The zero-order chi connectivity index (χ0) is 36.9. The van der Waals surface area contributed by atoms with E-state index in [4.69, 9.17) is 20.4 Å². The number of halogens is 2. The molecule has 51 heavy (non-hydrogen) atoms. The van der Waals surface area contributed by atoms with Gasteiger partial charge in [0.1, 0.15) is 0 Å². The summed E-state index contributed by atoms with van der Waals surface area (Å²) < 4.78 is 0. The summed E-state index contributed by atoms with van der Waals surface area (Å²) in [6.07, 6.45) is 4.43. The molecule has 5 aromatic carbocycles. The third-order valence-electron chi connectivity index (χ3n) is 8.88. The maximum absolute atomic E-state index is 4.70. The van der Waals surface area contributed by atoms with Crippen LogP contribution in [0.4, 0.5) is 11.4 Å². The molecule has 0 saturated carbocycles. The molecule has 0 unspecified atom stereocenters. The quantitative estimate of drug-likeness (QED) is 0.109. The Morgan fingerprint density at radius 2 is 0.667 bits per heavy atom. The van der Waals surface area contributed by atoms with E-state index in [1.54, 1.807) is 0 Å². The molecule has 0 amide bonds. The zero-order valence-electron chi connectivity index (χ0n) is 31.1. The van der Waals surface area contributed by atoms with E-state index in [0.29, 0.717) is 36.3 Å². The fraction of sp³-hybridized carbons (Fsp3) is 0.267. The molecule has 1 aliphatic rings. The van der Waals surface area contributed by atoms with Gasteiger partial charge in [0.15, 0.2) is 6.67 Å². The second-order valence-electron chi connectivity index (χ2n) is 13.8. The van der Waals surface area contributed by atoms with Crippen LogP contribution in [0.3, 0.4) is 0 Å². The molecule has 2 nitrogen and oxygen atoms in total. The van der Waals surface area contributed by atoms with Gasteiger partial charge in [-0.05, 0) is 69.8 Å². The van der Waals surface area contributed by atoms with Crippen LogP contribution in [0.1, 0.15) is 101 Å². The van der Waals surface area contributed by atoms with Crippen LogP contribution in [0.15, 0.2) is 140 Å². The number of nitrogens with zero attached hydrogens (tertiary/aromatic N) is 2. The van der Waals surface area contributed by atoms with Crippen molar-refractivity contribution in [2.45, 2.75) is 79.1 Å². The van der Waals surface area contributed by atoms with Crippen LogP contribution >= 0.6 is 28.3 Å². The molecule has 0 bridgehead atoms. The van der Waals surface area contributed by atoms with E-state index in [1.807, 2.05) is 0 Å². The molecular formula is C45H52Cl2N2NiP. The van der Waals surface area contributed by atoms with E-state index in [9.17, 15) is 0 Å². The largest absolute Gasteiger partial charge is 0.0622 e. The first kappa shape index (κ1) is 40.7. The van der Waals surface area contributed by atoms with Crippen molar-refractivity contribution in [1.29, 1.82) is 0 Å². The number of anilines is 2. The van der Waals surface area contributed by atoms with Crippen LogP contribution in [-0.4, -0.2) is 0 Å². The standard InChI is InChI=1S/C27H37N2.C18H15P.2ClH.Ni/c1-18(2)22-11-9-12-23(19(3)4)26(22)28-15-16-29(17-28)27-24(20(5)6)13-10-14-25(27)21(7)8;1-4-10-16(11-5-1)19(17-12-6-2-7-13-17)18-14-8-3-9-15-18;;;/h9-21H,1-8H3;1-15H;2*1H;/q;;;;+2/p-2. The molecule has 0 N–H and O–H groups in total. The number of hydrogen-bond acceptors (Lipinski definition) is 2. The van der Waals surface area contributed by atoms with Crippen molar-refractivity contribution in [2.75, 3.05) is 9.80 Å². The zero-order valence-corrected chi connectivity index (χ0v) is 34.5. The van der Waals surface area contributed by atoms with Crippen LogP contribution < -0.4 is 25.7 Å². The number of para-hydroxylation sites is 2. The van der Waals surface area contributed by atoms with Crippen LogP contribution in [0.2, 0.25) is 0 Å². The summed E-state index contributed by atoms with van der Waals surface area (Å²) >= 11 is 0.569. The second kappa shape index (κ2) is 20.3. The molecule has 6 heteroatoms. The first-order valence-corrected chi connectivity index (χ1v) is 21.8. The van der Waals surface area contributed by atoms with Crippen LogP contribution in [0, 0.1) is 6.67 Å². The maximum atomic E-state index is 4.70. The van der Waals surface area contributed by atoms with Gasteiger partial charge in [0, 0.05) is 23.8 Å². The summed E-state index contributed by atoms with van der Waals surface area (Å²) in [4.78, 5) is 4.65. The molecule has 6 rings (SSSR count). The summed E-state index contributed by atoms with van der Waals surface area (Å²) in [5.41, 5.74) is 8.29. The van der Waals surface area contributed by atoms with Gasteiger partial charge in [-0.15, -0.1) is 0 Å². The Labute approximate surface area is 324 Å². The molecule has 1 heterocycles. The average Bonchev–Trinajstić information content (AvgIpc) is 3.63. The van der Waals surface area contributed by atoms with Crippen LogP contribution in [0.5, 0.6) is 0 Å². The van der Waals surface area contributed by atoms with Crippen LogP contribution in [-0.2, 0) is 12.7 Å². The van der Waals surface area contributed by atoms with Gasteiger partial charge in [0.05, 0.1) is 0 Å². The van der Waals surface area contributed by atoms with Gasteiger partial charge in [-0.2, -0.15) is 0 Å².